The van der Waals surface area contributed by atoms with Crippen molar-refractivity contribution in [1.29, 1.82) is 0 Å². The van der Waals surface area contributed by atoms with Crippen LogP contribution in [0.25, 0.3) is 0 Å². The predicted molar refractivity (Wildman–Crippen MR) is 71.0 cm³/mol. The van der Waals surface area contributed by atoms with Crippen LogP contribution in [0.4, 0.5) is 4.79 Å². The molecule has 1 fully saturated rings. The van der Waals surface area contributed by atoms with E-state index < -0.39 is 12.0 Å². The largest absolute Gasteiger partial charge is 0.480 e. The summed E-state index contributed by atoms with van der Waals surface area (Å²) in [5.41, 5.74) is 0. The minimum Gasteiger partial charge on any atom is -0.480 e. The molecule has 1 heterocycles. The average Bonchev–Trinajstić information content (AvgIpc) is 2.86. The van der Waals surface area contributed by atoms with Crippen LogP contribution in [0.1, 0.15) is 33.1 Å². The number of ether oxygens (including phenoxy) is 1. The lowest BCUT2D eigenvalue weighted by Crippen LogP contribution is -2.50. The minimum absolute atomic E-state index is 0.0719. The maximum absolute atomic E-state index is 12.0. The van der Waals surface area contributed by atoms with E-state index >= 15 is 0 Å². The van der Waals surface area contributed by atoms with Crippen LogP contribution >= 0.6 is 0 Å². The Morgan fingerprint density at radius 1 is 1.53 bits per heavy atom. The standard InChI is InChI=1S/C13H24N2O4/c1-4-9(2)11(12(16)17)14-13(18)15(3)8-10-6-5-7-19-10/h9-11H,4-8H2,1-3H3,(H,14,18)(H,16,17)/t9?,10?,11-/m0/s1. The summed E-state index contributed by atoms with van der Waals surface area (Å²) in [6.07, 6.45) is 2.74. The summed E-state index contributed by atoms with van der Waals surface area (Å²) in [4.78, 5) is 24.6. The fourth-order valence-electron chi connectivity index (χ4n) is 2.10. The zero-order valence-electron chi connectivity index (χ0n) is 11.9. The Bertz CT molecular complexity index is 316. The highest BCUT2D eigenvalue weighted by Crippen LogP contribution is 2.13. The van der Waals surface area contributed by atoms with E-state index in [9.17, 15) is 9.59 Å². The van der Waals surface area contributed by atoms with Gasteiger partial charge in [-0.3, -0.25) is 0 Å². The number of carbonyl (C=O) groups excluding carboxylic acids is 1. The lowest BCUT2D eigenvalue weighted by Gasteiger charge is -2.25. The second kappa shape index (κ2) is 7.33. The molecular formula is C13H24N2O4. The normalized spacial score (nSPS) is 21.7. The monoisotopic (exact) mass is 272 g/mol. The number of aliphatic carboxylic acids is 1. The first-order valence-electron chi connectivity index (χ1n) is 6.81. The van der Waals surface area contributed by atoms with Gasteiger partial charge in [-0.1, -0.05) is 20.3 Å². The van der Waals surface area contributed by atoms with Gasteiger partial charge in [0.25, 0.3) is 0 Å². The maximum Gasteiger partial charge on any atom is 0.326 e. The van der Waals surface area contributed by atoms with Gasteiger partial charge in [0.05, 0.1) is 6.10 Å². The summed E-state index contributed by atoms with van der Waals surface area (Å²) in [6, 6.07) is -1.20. The highest BCUT2D eigenvalue weighted by Gasteiger charge is 2.27. The summed E-state index contributed by atoms with van der Waals surface area (Å²) >= 11 is 0. The van der Waals surface area contributed by atoms with Crippen LogP contribution in [0.2, 0.25) is 0 Å². The van der Waals surface area contributed by atoms with Crippen LogP contribution in [-0.4, -0.2) is 54.4 Å². The Labute approximate surface area is 114 Å². The number of rotatable bonds is 6. The van der Waals surface area contributed by atoms with Crippen molar-refractivity contribution in [1.82, 2.24) is 10.2 Å². The first-order valence-corrected chi connectivity index (χ1v) is 6.81. The second-order valence-electron chi connectivity index (χ2n) is 5.17. The molecule has 1 rings (SSSR count). The van der Waals surface area contributed by atoms with E-state index in [-0.39, 0.29) is 18.1 Å². The SMILES string of the molecule is CCC(C)[C@H](NC(=O)N(C)CC1CCCO1)C(=O)O. The number of hydrogen-bond donors (Lipinski definition) is 2. The molecule has 1 aliphatic heterocycles. The quantitative estimate of drug-likeness (QED) is 0.764. The van der Waals surface area contributed by atoms with Crippen molar-refractivity contribution >= 4 is 12.0 Å². The van der Waals surface area contributed by atoms with E-state index in [1.807, 2.05) is 13.8 Å². The van der Waals surface area contributed by atoms with Gasteiger partial charge in [0, 0.05) is 20.2 Å². The number of nitrogens with zero attached hydrogens (tertiary/aromatic N) is 1. The van der Waals surface area contributed by atoms with E-state index in [4.69, 9.17) is 9.84 Å². The van der Waals surface area contributed by atoms with Crippen molar-refractivity contribution in [3.05, 3.63) is 0 Å². The number of carboxylic acid groups (broad SMARTS) is 1. The lowest BCUT2D eigenvalue weighted by atomic mass is 9.99. The third kappa shape index (κ3) is 4.70. The molecule has 0 aliphatic carbocycles. The molecule has 0 bridgehead atoms. The predicted octanol–water partition coefficient (Wildman–Crippen LogP) is 1.31. The number of amides is 2. The van der Waals surface area contributed by atoms with E-state index in [0.717, 1.165) is 19.4 Å². The molecule has 19 heavy (non-hydrogen) atoms. The molecule has 0 spiro atoms. The van der Waals surface area contributed by atoms with Gasteiger partial charge in [-0.25, -0.2) is 9.59 Å². The van der Waals surface area contributed by atoms with E-state index in [1.54, 1.807) is 7.05 Å². The van der Waals surface area contributed by atoms with Gasteiger partial charge in [-0.05, 0) is 18.8 Å². The smallest absolute Gasteiger partial charge is 0.326 e. The molecule has 1 saturated heterocycles. The van der Waals surface area contributed by atoms with Crippen LogP contribution in [-0.2, 0) is 9.53 Å². The molecule has 0 radical (unpaired) electrons. The first-order chi connectivity index (χ1) is 8.95. The Hall–Kier alpha value is -1.30. The summed E-state index contributed by atoms with van der Waals surface area (Å²) in [6.45, 7) is 4.96. The molecule has 3 atom stereocenters. The Kier molecular flexibility index (Phi) is 6.08. The maximum atomic E-state index is 12.0. The molecule has 0 saturated carbocycles. The number of carbonyl (C=O) groups is 2. The molecule has 0 aromatic carbocycles. The van der Waals surface area contributed by atoms with Gasteiger partial charge >= 0.3 is 12.0 Å². The molecule has 2 unspecified atom stereocenters. The average molecular weight is 272 g/mol. The van der Waals surface area contributed by atoms with Crippen molar-refractivity contribution in [2.24, 2.45) is 5.92 Å². The van der Waals surface area contributed by atoms with Gasteiger partial charge in [-0.2, -0.15) is 0 Å². The van der Waals surface area contributed by atoms with Crippen molar-refractivity contribution in [3.63, 3.8) is 0 Å². The Morgan fingerprint density at radius 2 is 2.21 bits per heavy atom. The van der Waals surface area contributed by atoms with Crippen LogP contribution in [0.3, 0.4) is 0 Å². The zero-order valence-corrected chi connectivity index (χ0v) is 11.9. The van der Waals surface area contributed by atoms with Crippen LogP contribution in [0, 0.1) is 5.92 Å². The molecule has 0 aromatic rings. The lowest BCUT2D eigenvalue weighted by molar-refractivity contribution is -0.140. The van der Waals surface area contributed by atoms with E-state index in [2.05, 4.69) is 5.32 Å². The number of hydrogen-bond acceptors (Lipinski definition) is 3. The summed E-state index contributed by atoms with van der Waals surface area (Å²) in [5, 5.41) is 11.7. The fraction of sp³-hybridized carbons (Fsp3) is 0.846. The first kappa shape index (κ1) is 15.8. The number of likely N-dealkylation sites (N-methyl/N-ethyl adjacent to an activating group) is 1. The number of nitrogens with one attached hydrogen (secondary N) is 1. The topological polar surface area (TPSA) is 78.9 Å². The molecule has 110 valence electrons. The van der Waals surface area contributed by atoms with Crippen LogP contribution in [0.15, 0.2) is 0 Å². The van der Waals surface area contributed by atoms with Crippen LogP contribution in [0.5, 0.6) is 0 Å². The van der Waals surface area contributed by atoms with Crippen molar-refractivity contribution < 1.29 is 19.4 Å². The number of urea groups is 1. The molecule has 2 amide bonds. The molecular weight excluding hydrogens is 248 g/mol. The van der Waals surface area contributed by atoms with Gasteiger partial charge in [-0.15, -0.1) is 0 Å². The van der Waals surface area contributed by atoms with Gasteiger partial charge in [0.1, 0.15) is 6.04 Å². The highest BCUT2D eigenvalue weighted by atomic mass is 16.5. The fourth-order valence-corrected chi connectivity index (χ4v) is 2.10. The van der Waals surface area contributed by atoms with E-state index in [1.165, 1.54) is 4.90 Å². The highest BCUT2D eigenvalue weighted by molar-refractivity contribution is 5.82. The van der Waals surface area contributed by atoms with Crippen molar-refractivity contribution in [2.45, 2.75) is 45.3 Å². The van der Waals surface area contributed by atoms with Gasteiger partial charge in [0.15, 0.2) is 0 Å². The summed E-state index contributed by atoms with van der Waals surface area (Å²) < 4.78 is 5.46. The Balaban J connectivity index is 2.48. The molecule has 6 nitrogen and oxygen atoms in total. The molecule has 0 aromatic heterocycles. The molecule has 6 heteroatoms. The zero-order chi connectivity index (χ0) is 14.4. The van der Waals surface area contributed by atoms with Crippen molar-refractivity contribution in [2.75, 3.05) is 20.2 Å². The molecule has 2 N–H and O–H groups in total. The number of carboxylic acids is 1. The third-order valence-corrected chi connectivity index (χ3v) is 3.61. The Morgan fingerprint density at radius 3 is 2.68 bits per heavy atom. The van der Waals surface area contributed by atoms with Gasteiger partial charge < -0.3 is 20.1 Å². The van der Waals surface area contributed by atoms with E-state index in [0.29, 0.717) is 13.0 Å². The third-order valence-electron chi connectivity index (χ3n) is 3.61. The second-order valence-corrected chi connectivity index (χ2v) is 5.17. The molecule has 1 aliphatic rings. The van der Waals surface area contributed by atoms with Crippen molar-refractivity contribution in [3.8, 4) is 0 Å². The summed E-state index contributed by atoms with van der Waals surface area (Å²) in [5.74, 6) is -1.09. The summed E-state index contributed by atoms with van der Waals surface area (Å²) in [7, 11) is 1.66. The van der Waals surface area contributed by atoms with Gasteiger partial charge in [0.2, 0.25) is 0 Å². The van der Waals surface area contributed by atoms with Crippen LogP contribution < -0.4 is 5.32 Å². The minimum atomic E-state index is -0.992.